The number of hydrogen-bond acceptors (Lipinski definition) is 3. The third-order valence-corrected chi connectivity index (χ3v) is 17.8. The van der Waals surface area contributed by atoms with E-state index in [0.29, 0.717) is 0 Å². The molecule has 3 heterocycles. The predicted molar refractivity (Wildman–Crippen MR) is 297 cm³/mol. The van der Waals surface area contributed by atoms with E-state index in [9.17, 15) is 0 Å². The van der Waals surface area contributed by atoms with E-state index in [1.807, 2.05) is 34.0 Å². The molecule has 0 fully saturated rings. The summed E-state index contributed by atoms with van der Waals surface area (Å²) in [6.07, 6.45) is 0. The summed E-state index contributed by atoms with van der Waals surface area (Å²) in [7, 11) is 0. The van der Waals surface area contributed by atoms with Gasteiger partial charge in [0.1, 0.15) is 0 Å². The molecule has 0 aliphatic heterocycles. The van der Waals surface area contributed by atoms with Gasteiger partial charge in [-0.25, -0.2) is 0 Å². The Morgan fingerprint density at radius 2 is 0.537 bits per heavy atom. The summed E-state index contributed by atoms with van der Waals surface area (Å²) in [5.74, 6) is 0. The van der Waals surface area contributed by atoms with Crippen molar-refractivity contribution in [2.75, 3.05) is 0 Å². The second-order valence-corrected chi connectivity index (χ2v) is 21.0. The fourth-order valence-electron chi connectivity index (χ4n) is 11.4. The second kappa shape index (κ2) is 14.4. The molecule has 0 N–H and O–H groups in total. The minimum atomic E-state index is 1.24. The highest BCUT2D eigenvalue weighted by Crippen LogP contribution is 2.51. The Bertz CT molecular complexity index is 4460. The average molecular weight is 901 g/mol. The van der Waals surface area contributed by atoms with Crippen molar-refractivity contribution in [1.29, 1.82) is 0 Å². The van der Waals surface area contributed by atoms with Gasteiger partial charge in [0.15, 0.2) is 0 Å². The zero-order valence-corrected chi connectivity index (χ0v) is 38.5. The van der Waals surface area contributed by atoms with Crippen LogP contribution in [0.3, 0.4) is 0 Å². The van der Waals surface area contributed by atoms with Gasteiger partial charge in [-0.15, -0.1) is 34.0 Å². The Balaban J connectivity index is 0.933. The molecule has 0 amide bonds. The van der Waals surface area contributed by atoms with Crippen molar-refractivity contribution >= 4 is 138 Å². The van der Waals surface area contributed by atoms with E-state index in [-0.39, 0.29) is 0 Å². The van der Waals surface area contributed by atoms with Crippen LogP contribution < -0.4 is 0 Å². The molecule has 0 spiro atoms. The number of rotatable bonds is 4. The van der Waals surface area contributed by atoms with Gasteiger partial charge in [0.25, 0.3) is 0 Å². The normalized spacial score (nSPS) is 12.2. The molecule has 0 saturated heterocycles. The Morgan fingerprint density at radius 3 is 1.00 bits per heavy atom. The summed E-state index contributed by atoms with van der Waals surface area (Å²) in [5.41, 5.74) is 10.2. The summed E-state index contributed by atoms with van der Waals surface area (Å²) >= 11 is 5.68. The molecular formula is C64H36S3. The fourth-order valence-corrected chi connectivity index (χ4v) is 14.8. The van der Waals surface area contributed by atoms with E-state index in [2.05, 4.69) is 218 Å². The van der Waals surface area contributed by atoms with Gasteiger partial charge in [0.05, 0.1) is 0 Å². The lowest BCUT2D eigenvalue weighted by molar-refractivity contribution is 1.70. The summed E-state index contributed by atoms with van der Waals surface area (Å²) in [5, 5.41) is 18.1. The molecule has 12 aromatic carbocycles. The zero-order chi connectivity index (χ0) is 43.7. The average Bonchev–Trinajstić information content (AvgIpc) is 4.08. The van der Waals surface area contributed by atoms with Crippen LogP contribution >= 0.6 is 34.0 Å². The van der Waals surface area contributed by atoms with Gasteiger partial charge in [-0.3, -0.25) is 0 Å². The number of fused-ring (bicyclic) bond motifs is 13. The highest BCUT2D eigenvalue weighted by Gasteiger charge is 2.22. The predicted octanol–water partition coefficient (Wildman–Crippen LogP) is 20.1. The number of benzene rings is 12. The third kappa shape index (κ3) is 5.51. The van der Waals surface area contributed by atoms with Crippen molar-refractivity contribution in [1.82, 2.24) is 0 Å². The molecular weight excluding hydrogens is 865 g/mol. The van der Waals surface area contributed by atoms with Gasteiger partial charge >= 0.3 is 0 Å². The minimum Gasteiger partial charge on any atom is -0.135 e. The van der Waals surface area contributed by atoms with E-state index in [4.69, 9.17) is 0 Å². The molecule has 0 unspecified atom stereocenters. The van der Waals surface area contributed by atoms with Crippen molar-refractivity contribution in [2.24, 2.45) is 0 Å². The molecule has 0 aliphatic rings. The van der Waals surface area contributed by atoms with Gasteiger partial charge in [-0.2, -0.15) is 0 Å². The summed E-state index contributed by atoms with van der Waals surface area (Å²) in [6, 6.07) is 82.2. The maximum atomic E-state index is 2.46. The molecule has 3 heteroatoms. The van der Waals surface area contributed by atoms with Gasteiger partial charge in [0, 0.05) is 66.1 Å². The smallest absolute Gasteiger partial charge is 0.0434 e. The molecule has 0 saturated carbocycles. The van der Waals surface area contributed by atoms with E-state index in [1.54, 1.807) is 0 Å². The van der Waals surface area contributed by atoms with Crippen molar-refractivity contribution in [3.8, 4) is 44.5 Å². The summed E-state index contributed by atoms with van der Waals surface area (Å²) in [4.78, 5) is 0. The first-order valence-electron chi connectivity index (χ1n) is 22.9. The van der Waals surface area contributed by atoms with Crippen LogP contribution in [0.25, 0.3) is 148 Å². The summed E-state index contributed by atoms with van der Waals surface area (Å²) in [6.45, 7) is 0. The molecule has 15 aromatic rings. The van der Waals surface area contributed by atoms with Gasteiger partial charge in [-0.1, -0.05) is 176 Å². The van der Waals surface area contributed by atoms with Gasteiger partial charge in [-0.05, 0) is 124 Å². The van der Waals surface area contributed by atoms with E-state index in [1.165, 1.54) is 148 Å². The molecule has 3 aromatic heterocycles. The maximum Gasteiger partial charge on any atom is 0.0434 e. The minimum absolute atomic E-state index is 1.24. The van der Waals surface area contributed by atoms with Crippen LogP contribution in [0.2, 0.25) is 0 Å². The topological polar surface area (TPSA) is 0 Å². The van der Waals surface area contributed by atoms with Crippen LogP contribution in [0.5, 0.6) is 0 Å². The van der Waals surface area contributed by atoms with E-state index < -0.39 is 0 Å². The van der Waals surface area contributed by atoms with Gasteiger partial charge < -0.3 is 0 Å². The highest BCUT2D eigenvalue weighted by atomic mass is 32.1. The lowest BCUT2D eigenvalue weighted by Crippen LogP contribution is -1.91. The SMILES string of the molecule is c1ccc2c(c1)sc1ccc(-c3c4ccccc4c(-c4ccc5c(c4)sc4c(-c6c7ccccc7c(-c7ccc8sc9ccccc9c8c7)c7ccccc67)cccc45)c4ccccc34)cc12. The Morgan fingerprint density at radius 1 is 0.194 bits per heavy atom. The molecule has 0 aliphatic carbocycles. The Kier molecular flexibility index (Phi) is 8.08. The van der Waals surface area contributed by atoms with Crippen LogP contribution in [-0.2, 0) is 0 Å². The van der Waals surface area contributed by atoms with Crippen LogP contribution in [0.4, 0.5) is 0 Å². The van der Waals surface area contributed by atoms with Crippen molar-refractivity contribution < 1.29 is 0 Å². The van der Waals surface area contributed by atoms with Crippen LogP contribution in [-0.4, -0.2) is 0 Å². The van der Waals surface area contributed by atoms with E-state index in [0.717, 1.165) is 0 Å². The maximum absolute atomic E-state index is 2.46. The molecule has 0 bridgehead atoms. The zero-order valence-electron chi connectivity index (χ0n) is 36.0. The highest BCUT2D eigenvalue weighted by molar-refractivity contribution is 7.27. The number of thiophene rings is 3. The lowest BCUT2D eigenvalue weighted by atomic mass is 9.85. The first-order chi connectivity index (χ1) is 33.2. The van der Waals surface area contributed by atoms with Crippen molar-refractivity contribution in [3.05, 3.63) is 218 Å². The largest absolute Gasteiger partial charge is 0.135 e. The van der Waals surface area contributed by atoms with Crippen molar-refractivity contribution in [3.63, 3.8) is 0 Å². The third-order valence-electron chi connectivity index (χ3n) is 14.3. The molecule has 0 atom stereocenters. The monoisotopic (exact) mass is 900 g/mol. The summed E-state index contributed by atoms with van der Waals surface area (Å²) < 4.78 is 7.95. The first kappa shape index (κ1) is 37.5. The van der Waals surface area contributed by atoms with Crippen molar-refractivity contribution in [2.45, 2.75) is 0 Å². The molecule has 310 valence electrons. The second-order valence-electron chi connectivity index (χ2n) is 17.8. The Hall–Kier alpha value is -7.66. The molecule has 67 heavy (non-hydrogen) atoms. The lowest BCUT2D eigenvalue weighted by Gasteiger charge is -2.18. The van der Waals surface area contributed by atoms with Gasteiger partial charge in [0.2, 0.25) is 0 Å². The fraction of sp³-hybridized carbons (Fsp3) is 0. The first-order valence-corrected chi connectivity index (χ1v) is 25.3. The number of hydrogen-bond donors (Lipinski definition) is 0. The van der Waals surface area contributed by atoms with E-state index >= 15 is 0 Å². The van der Waals surface area contributed by atoms with Crippen LogP contribution in [0.1, 0.15) is 0 Å². The van der Waals surface area contributed by atoms with Crippen LogP contribution in [0.15, 0.2) is 218 Å². The quantitative estimate of drug-likeness (QED) is 0.154. The molecule has 15 rings (SSSR count). The molecule has 0 radical (unpaired) electrons. The van der Waals surface area contributed by atoms with Crippen LogP contribution in [0, 0.1) is 0 Å². The Labute approximate surface area is 397 Å². The standard InChI is InChI=1S/C64H36S3/c1-3-18-45-43(16-1)60(37-29-32-57-53(34-37)40-14-9-11-26-55(40)65-57)44-17-2-4-19-46(44)62(45)39-28-31-42-51-24-13-25-52(64(51)67-59(42)36-39)63-49-22-7-5-20-47(49)61(48-21-6-8-23-50(48)63)38-30-33-58-54(35-38)41-15-10-12-27-56(41)66-58/h1-36H. The molecule has 0 nitrogen and oxygen atoms in total.